The van der Waals surface area contributed by atoms with E-state index in [1.807, 2.05) is 0 Å². The highest BCUT2D eigenvalue weighted by atomic mass is 15.1. The van der Waals surface area contributed by atoms with Gasteiger partial charge in [-0.25, -0.2) is 0 Å². The van der Waals surface area contributed by atoms with Crippen molar-refractivity contribution in [3.63, 3.8) is 0 Å². The Hall–Kier alpha value is -9.18. The molecule has 2 heterocycles. The predicted molar refractivity (Wildman–Crippen MR) is 292 cm³/mol. The molecule has 0 aliphatic heterocycles. The van der Waals surface area contributed by atoms with Gasteiger partial charge in [-0.05, 0) is 136 Å². The highest BCUT2D eigenvalue weighted by Gasteiger charge is 2.19. The van der Waals surface area contributed by atoms with Gasteiger partial charge in [0.25, 0.3) is 0 Å². The number of rotatable bonds is 9. The predicted octanol–water partition coefficient (Wildman–Crippen LogP) is 18.0. The van der Waals surface area contributed by atoms with E-state index in [-0.39, 0.29) is 0 Å². The van der Waals surface area contributed by atoms with Crippen LogP contribution < -0.4 is 4.90 Å². The molecule has 3 heteroatoms. The lowest BCUT2D eigenvalue weighted by Crippen LogP contribution is -2.10. The molecule has 3 nitrogen and oxygen atoms in total. The topological polar surface area (TPSA) is 13.1 Å². The first-order chi connectivity index (χ1) is 34.2. The normalized spacial score (nSPS) is 11.5. The van der Waals surface area contributed by atoms with Gasteiger partial charge in [0, 0.05) is 50.0 Å². The van der Waals surface area contributed by atoms with Crippen molar-refractivity contribution in [1.82, 2.24) is 9.13 Å². The van der Waals surface area contributed by atoms with Gasteiger partial charge < -0.3 is 14.0 Å². The fourth-order valence-corrected chi connectivity index (χ4v) is 10.4. The minimum absolute atomic E-state index is 1.07. The first-order valence-electron chi connectivity index (χ1n) is 23.7. The van der Waals surface area contributed by atoms with Crippen LogP contribution in [0.5, 0.6) is 0 Å². The summed E-state index contributed by atoms with van der Waals surface area (Å²) in [5.74, 6) is 0. The van der Waals surface area contributed by atoms with Crippen LogP contribution in [0.3, 0.4) is 0 Å². The van der Waals surface area contributed by atoms with E-state index in [9.17, 15) is 0 Å². The summed E-state index contributed by atoms with van der Waals surface area (Å²) in [5.41, 5.74) is 19.6. The minimum atomic E-state index is 1.07. The first kappa shape index (κ1) is 40.1. The molecule has 0 saturated carbocycles. The largest absolute Gasteiger partial charge is 0.310 e. The Balaban J connectivity index is 1.01. The second kappa shape index (κ2) is 16.9. The van der Waals surface area contributed by atoms with Gasteiger partial charge in [-0.1, -0.05) is 182 Å². The van der Waals surface area contributed by atoms with Crippen LogP contribution in [-0.2, 0) is 0 Å². The van der Waals surface area contributed by atoms with Gasteiger partial charge in [0.2, 0.25) is 0 Å². The van der Waals surface area contributed by atoms with Crippen molar-refractivity contribution in [2.45, 2.75) is 0 Å². The number of para-hydroxylation sites is 4. The number of nitrogens with zero attached hydrogens (tertiary/aromatic N) is 3. The lowest BCUT2D eigenvalue weighted by molar-refractivity contribution is 1.18. The molecule has 69 heavy (non-hydrogen) atoms. The Morgan fingerprint density at radius 3 is 1.06 bits per heavy atom. The number of fused-ring (bicyclic) bond motifs is 6. The summed E-state index contributed by atoms with van der Waals surface area (Å²) < 4.78 is 4.79. The summed E-state index contributed by atoms with van der Waals surface area (Å²) in [6.45, 7) is 0. The van der Waals surface area contributed by atoms with Crippen molar-refractivity contribution < 1.29 is 0 Å². The molecule has 0 fully saturated rings. The van der Waals surface area contributed by atoms with Gasteiger partial charge in [-0.15, -0.1) is 0 Å². The fraction of sp³-hybridized carbons (Fsp3) is 0. The summed E-state index contributed by atoms with van der Waals surface area (Å²) in [6, 6.07) is 99.3. The van der Waals surface area contributed by atoms with E-state index < -0.39 is 0 Å². The molecule has 0 bridgehead atoms. The molecule has 0 atom stereocenters. The Morgan fingerprint density at radius 2 is 0.551 bits per heavy atom. The second-order valence-corrected chi connectivity index (χ2v) is 17.8. The van der Waals surface area contributed by atoms with Crippen LogP contribution in [0.1, 0.15) is 0 Å². The second-order valence-electron chi connectivity index (χ2n) is 17.8. The molecule has 0 aliphatic rings. The molecule has 0 amide bonds. The fourth-order valence-electron chi connectivity index (χ4n) is 10.4. The number of anilines is 3. The third-order valence-corrected chi connectivity index (χ3v) is 13.7. The molecule has 13 rings (SSSR count). The molecule has 324 valence electrons. The molecule has 0 N–H and O–H groups in total. The molecule has 0 saturated heterocycles. The number of benzene rings is 11. The molecule has 2 aromatic heterocycles. The number of hydrogen-bond donors (Lipinski definition) is 0. The third kappa shape index (κ3) is 7.16. The highest BCUT2D eigenvalue weighted by molar-refractivity contribution is 6.11. The van der Waals surface area contributed by atoms with E-state index in [1.54, 1.807) is 0 Å². The summed E-state index contributed by atoms with van der Waals surface area (Å²) in [5, 5.41) is 4.98. The Morgan fingerprint density at radius 1 is 0.203 bits per heavy atom. The van der Waals surface area contributed by atoms with Crippen LogP contribution in [0.15, 0.2) is 273 Å². The summed E-state index contributed by atoms with van der Waals surface area (Å²) in [7, 11) is 0. The zero-order valence-corrected chi connectivity index (χ0v) is 37.8. The molecule has 11 aromatic carbocycles. The molecular weight excluding hydrogens is 835 g/mol. The smallest absolute Gasteiger partial charge is 0.0547 e. The van der Waals surface area contributed by atoms with Crippen LogP contribution in [0, 0.1) is 0 Å². The van der Waals surface area contributed by atoms with Gasteiger partial charge >= 0.3 is 0 Å². The van der Waals surface area contributed by atoms with Crippen molar-refractivity contribution in [1.29, 1.82) is 0 Å². The van der Waals surface area contributed by atoms with E-state index in [4.69, 9.17) is 0 Å². The minimum Gasteiger partial charge on any atom is -0.310 e. The Labute approximate surface area is 401 Å². The van der Waals surface area contributed by atoms with Crippen molar-refractivity contribution >= 4 is 60.7 Å². The average Bonchev–Trinajstić information content (AvgIpc) is 3.95. The van der Waals surface area contributed by atoms with Crippen molar-refractivity contribution in [2.75, 3.05) is 4.90 Å². The lowest BCUT2D eigenvalue weighted by atomic mass is 9.96. The first-order valence-corrected chi connectivity index (χ1v) is 23.7. The number of hydrogen-bond acceptors (Lipinski definition) is 1. The zero-order valence-electron chi connectivity index (χ0n) is 37.8. The van der Waals surface area contributed by atoms with E-state index in [0.717, 1.165) is 50.7 Å². The standard InChI is InChI=1S/C66H45N3/c1-4-16-46(17-5-1)48-28-35-55(36-29-48)67(56-37-30-49(31-38-56)47-18-6-2-7-19-47)58-43-52(50-32-39-57(40-33-50)68-63-25-13-10-22-59(63)60-23-11-14-26-64(60)68)42-53(44-58)51-34-41-62-61-24-12-15-27-65(61)69(66(62)45-51)54-20-8-3-9-21-54/h1-45H. The van der Waals surface area contributed by atoms with E-state index in [1.165, 1.54) is 65.9 Å². The van der Waals surface area contributed by atoms with E-state index in [0.29, 0.717) is 0 Å². The summed E-state index contributed by atoms with van der Waals surface area (Å²) in [6.07, 6.45) is 0. The Bertz CT molecular complexity index is 3830. The van der Waals surface area contributed by atoms with Crippen LogP contribution in [0.2, 0.25) is 0 Å². The molecule has 13 aromatic rings. The van der Waals surface area contributed by atoms with Crippen LogP contribution in [0.25, 0.3) is 99.5 Å². The summed E-state index contributed by atoms with van der Waals surface area (Å²) >= 11 is 0. The van der Waals surface area contributed by atoms with Gasteiger partial charge in [0.05, 0.1) is 22.1 Å². The van der Waals surface area contributed by atoms with Gasteiger partial charge in [0.15, 0.2) is 0 Å². The quantitative estimate of drug-likeness (QED) is 0.141. The maximum Gasteiger partial charge on any atom is 0.0547 e. The number of aromatic nitrogens is 2. The van der Waals surface area contributed by atoms with Crippen LogP contribution >= 0.6 is 0 Å². The molecule has 0 radical (unpaired) electrons. The van der Waals surface area contributed by atoms with E-state index in [2.05, 4.69) is 287 Å². The Kier molecular flexibility index (Phi) is 9.84. The van der Waals surface area contributed by atoms with Crippen molar-refractivity contribution in [2.24, 2.45) is 0 Å². The van der Waals surface area contributed by atoms with Gasteiger partial charge in [-0.3, -0.25) is 0 Å². The molecule has 0 spiro atoms. The zero-order chi connectivity index (χ0) is 45.7. The molecule has 0 unspecified atom stereocenters. The maximum atomic E-state index is 2.41. The summed E-state index contributed by atoms with van der Waals surface area (Å²) in [4.78, 5) is 2.41. The van der Waals surface area contributed by atoms with Crippen LogP contribution in [0.4, 0.5) is 17.1 Å². The van der Waals surface area contributed by atoms with Gasteiger partial charge in [-0.2, -0.15) is 0 Å². The van der Waals surface area contributed by atoms with E-state index >= 15 is 0 Å². The van der Waals surface area contributed by atoms with Crippen molar-refractivity contribution in [3.05, 3.63) is 273 Å². The van der Waals surface area contributed by atoms with Crippen molar-refractivity contribution in [3.8, 4) is 55.9 Å². The average molecular weight is 880 g/mol. The molecular formula is C66H45N3. The lowest BCUT2D eigenvalue weighted by Gasteiger charge is -2.27. The monoisotopic (exact) mass is 879 g/mol. The highest BCUT2D eigenvalue weighted by Crippen LogP contribution is 2.43. The van der Waals surface area contributed by atoms with Gasteiger partial charge in [0.1, 0.15) is 0 Å². The third-order valence-electron chi connectivity index (χ3n) is 13.7. The SMILES string of the molecule is c1ccc(-c2ccc(N(c3ccc(-c4ccccc4)cc3)c3cc(-c4ccc(-n5c6ccccc6c6ccccc65)cc4)cc(-c4ccc5c6ccccc6n(-c6ccccc6)c5c4)c3)cc2)cc1. The maximum absolute atomic E-state index is 2.41. The van der Waals surface area contributed by atoms with Crippen LogP contribution in [-0.4, -0.2) is 9.13 Å². The molecule has 0 aliphatic carbocycles.